The van der Waals surface area contributed by atoms with Gasteiger partial charge in [0.05, 0.1) is 10.8 Å². The molecule has 29 heavy (non-hydrogen) atoms. The Bertz CT molecular complexity index is 1010. The van der Waals surface area contributed by atoms with E-state index in [2.05, 4.69) is 15.5 Å². The lowest BCUT2D eigenvalue weighted by atomic mass is 10.2. The highest BCUT2D eigenvalue weighted by Gasteiger charge is 2.14. The van der Waals surface area contributed by atoms with Crippen molar-refractivity contribution in [3.63, 3.8) is 0 Å². The zero-order valence-electron chi connectivity index (χ0n) is 16.0. The molecule has 152 valence electrons. The first kappa shape index (κ1) is 21.1. The van der Waals surface area contributed by atoms with Crippen LogP contribution in [0.4, 0.5) is 10.1 Å². The number of carbonyl (C=O) groups excluding carboxylic acids is 1. The third kappa shape index (κ3) is 5.48. The SMILES string of the molecule is CCn1c(COc2ccccc2C)nnc1SCC(=O)Nc1ccc(F)c(Cl)c1. The van der Waals surface area contributed by atoms with Gasteiger partial charge < -0.3 is 14.6 Å². The molecule has 0 saturated carbocycles. The second kappa shape index (κ2) is 9.76. The summed E-state index contributed by atoms with van der Waals surface area (Å²) in [5.74, 6) is 0.830. The van der Waals surface area contributed by atoms with Crippen molar-refractivity contribution in [3.8, 4) is 5.75 Å². The number of hydrogen-bond acceptors (Lipinski definition) is 5. The minimum Gasteiger partial charge on any atom is -0.485 e. The molecule has 0 atom stereocenters. The Labute approximate surface area is 177 Å². The van der Waals surface area contributed by atoms with Crippen LogP contribution in [0, 0.1) is 12.7 Å². The molecule has 3 rings (SSSR count). The van der Waals surface area contributed by atoms with Crippen molar-refractivity contribution < 1.29 is 13.9 Å². The highest BCUT2D eigenvalue weighted by Crippen LogP contribution is 2.22. The van der Waals surface area contributed by atoms with Gasteiger partial charge in [-0.15, -0.1) is 10.2 Å². The molecule has 0 spiro atoms. The summed E-state index contributed by atoms with van der Waals surface area (Å²) in [5.41, 5.74) is 1.48. The van der Waals surface area contributed by atoms with E-state index >= 15 is 0 Å². The maximum atomic E-state index is 13.2. The molecular weight excluding hydrogens is 415 g/mol. The molecule has 0 bridgehead atoms. The normalized spacial score (nSPS) is 10.8. The third-order valence-corrected chi connectivity index (χ3v) is 5.35. The number of rotatable bonds is 8. The topological polar surface area (TPSA) is 69.0 Å². The zero-order chi connectivity index (χ0) is 20.8. The first-order valence-corrected chi connectivity index (χ1v) is 10.3. The molecule has 0 aliphatic heterocycles. The van der Waals surface area contributed by atoms with Gasteiger partial charge in [0, 0.05) is 12.2 Å². The Hall–Kier alpha value is -2.58. The van der Waals surface area contributed by atoms with Gasteiger partial charge >= 0.3 is 0 Å². The molecule has 1 amide bonds. The summed E-state index contributed by atoms with van der Waals surface area (Å²) in [6.45, 7) is 4.89. The van der Waals surface area contributed by atoms with Gasteiger partial charge in [-0.05, 0) is 43.7 Å². The summed E-state index contributed by atoms with van der Waals surface area (Å²) < 4.78 is 21.0. The minimum atomic E-state index is -0.532. The number of thioether (sulfide) groups is 1. The quantitative estimate of drug-likeness (QED) is 0.520. The van der Waals surface area contributed by atoms with Crippen molar-refractivity contribution in [2.24, 2.45) is 0 Å². The lowest BCUT2D eigenvalue weighted by Crippen LogP contribution is -2.15. The van der Waals surface area contributed by atoms with Gasteiger partial charge in [-0.3, -0.25) is 4.79 Å². The molecule has 1 heterocycles. The van der Waals surface area contributed by atoms with Crippen molar-refractivity contribution in [2.45, 2.75) is 32.2 Å². The number of aryl methyl sites for hydroxylation is 1. The monoisotopic (exact) mass is 434 g/mol. The number of halogens is 2. The molecule has 1 N–H and O–H groups in total. The van der Waals surface area contributed by atoms with E-state index in [-0.39, 0.29) is 23.3 Å². The van der Waals surface area contributed by atoms with E-state index in [1.807, 2.05) is 42.7 Å². The van der Waals surface area contributed by atoms with Crippen LogP contribution in [-0.2, 0) is 17.9 Å². The summed E-state index contributed by atoms with van der Waals surface area (Å²) in [6, 6.07) is 11.8. The van der Waals surface area contributed by atoms with Crippen molar-refractivity contribution in [2.75, 3.05) is 11.1 Å². The van der Waals surface area contributed by atoms with Crippen molar-refractivity contribution in [1.29, 1.82) is 0 Å². The van der Waals surface area contributed by atoms with E-state index in [0.29, 0.717) is 23.2 Å². The highest BCUT2D eigenvalue weighted by atomic mass is 35.5. The lowest BCUT2D eigenvalue weighted by Gasteiger charge is -2.10. The fourth-order valence-electron chi connectivity index (χ4n) is 2.61. The van der Waals surface area contributed by atoms with Crippen LogP contribution in [0.2, 0.25) is 5.02 Å². The van der Waals surface area contributed by atoms with Crippen LogP contribution < -0.4 is 10.1 Å². The molecule has 6 nitrogen and oxygen atoms in total. The molecule has 3 aromatic rings. The lowest BCUT2D eigenvalue weighted by molar-refractivity contribution is -0.113. The number of ether oxygens (including phenoxy) is 1. The number of anilines is 1. The number of para-hydroxylation sites is 1. The van der Waals surface area contributed by atoms with Gasteiger partial charge in [-0.2, -0.15) is 0 Å². The number of aromatic nitrogens is 3. The largest absolute Gasteiger partial charge is 0.485 e. The fourth-order valence-corrected chi connectivity index (χ4v) is 3.61. The number of benzene rings is 2. The Morgan fingerprint density at radius 1 is 1.28 bits per heavy atom. The summed E-state index contributed by atoms with van der Waals surface area (Å²) in [5, 5.41) is 11.6. The number of nitrogens with zero attached hydrogens (tertiary/aromatic N) is 3. The van der Waals surface area contributed by atoms with Crippen LogP contribution >= 0.6 is 23.4 Å². The smallest absolute Gasteiger partial charge is 0.234 e. The van der Waals surface area contributed by atoms with Crippen LogP contribution in [0.25, 0.3) is 0 Å². The van der Waals surface area contributed by atoms with Crippen molar-refractivity contribution >= 4 is 35.0 Å². The number of amides is 1. The average molecular weight is 435 g/mol. The molecule has 0 aliphatic rings. The van der Waals surface area contributed by atoms with E-state index in [4.69, 9.17) is 16.3 Å². The van der Waals surface area contributed by atoms with Gasteiger partial charge in [0.15, 0.2) is 11.0 Å². The number of nitrogens with one attached hydrogen (secondary N) is 1. The summed E-state index contributed by atoms with van der Waals surface area (Å²) >= 11 is 7.00. The van der Waals surface area contributed by atoms with Crippen molar-refractivity contribution in [1.82, 2.24) is 14.8 Å². The predicted molar refractivity (Wildman–Crippen MR) is 112 cm³/mol. The molecule has 0 saturated heterocycles. The minimum absolute atomic E-state index is 0.0422. The molecule has 0 aliphatic carbocycles. The Kier molecular flexibility index (Phi) is 7.11. The molecule has 0 unspecified atom stereocenters. The highest BCUT2D eigenvalue weighted by molar-refractivity contribution is 7.99. The van der Waals surface area contributed by atoms with E-state index in [0.717, 1.165) is 11.3 Å². The van der Waals surface area contributed by atoms with E-state index in [9.17, 15) is 9.18 Å². The molecule has 0 radical (unpaired) electrons. The number of hydrogen-bond donors (Lipinski definition) is 1. The molecular formula is C20H20ClFN4O2S. The molecule has 2 aromatic carbocycles. The van der Waals surface area contributed by atoms with E-state index < -0.39 is 5.82 Å². The van der Waals surface area contributed by atoms with Gasteiger partial charge in [0.1, 0.15) is 18.2 Å². The van der Waals surface area contributed by atoms with Gasteiger partial charge in [-0.25, -0.2) is 4.39 Å². The van der Waals surface area contributed by atoms with E-state index in [1.54, 1.807) is 0 Å². The van der Waals surface area contributed by atoms with Crippen molar-refractivity contribution in [3.05, 3.63) is 64.7 Å². The average Bonchev–Trinajstić information content (AvgIpc) is 3.10. The zero-order valence-corrected chi connectivity index (χ0v) is 17.6. The van der Waals surface area contributed by atoms with Gasteiger partial charge in [0.2, 0.25) is 5.91 Å². The van der Waals surface area contributed by atoms with E-state index in [1.165, 1.54) is 30.0 Å². The van der Waals surface area contributed by atoms with Crippen LogP contribution in [0.1, 0.15) is 18.3 Å². The summed E-state index contributed by atoms with van der Waals surface area (Å²) in [4.78, 5) is 12.2. The maximum absolute atomic E-state index is 13.2. The molecule has 0 fully saturated rings. The first-order chi connectivity index (χ1) is 14.0. The predicted octanol–water partition coefficient (Wildman–Crippen LogP) is 4.71. The standard InChI is InChI=1S/C20H20ClFN4O2S/c1-3-26-18(11-28-17-7-5-4-6-13(17)2)24-25-20(26)29-12-19(27)23-14-8-9-16(22)15(21)10-14/h4-10H,3,11-12H2,1-2H3,(H,23,27). The molecule has 9 heteroatoms. The van der Waals surface area contributed by atoms with Crippen LogP contribution in [0.15, 0.2) is 47.6 Å². The fraction of sp³-hybridized carbons (Fsp3) is 0.250. The van der Waals surface area contributed by atoms with Crippen LogP contribution in [0.3, 0.4) is 0 Å². The number of carbonyl (C=O) groups is 1. The summed E-state index contributed by atoms with van der Waals surface area (Å²) in [7, 11) is 0. The molecule has 1 aromatic heterocycles. The Morgan fingerprint density at radius 2 is 2.07 bits per heavy atom. The van der Waals surface area contributed by atoms with Gasteiger partial charge in [-0.1, -0.05) is 41.6 Å². The Balaban J connectivity index is 1.59. The van der Waals surface area contributed by atoms with Gasteiger partial charge in [0.25, 0.3) is 0 Å². The first-order valence-electron chi connectivity index (χ1n) is 8.96. The Morgan fingerprint density at radius 3 is 2.79 bits per heavy atom. The summed E-state index contributed by atoms with van der Waals surface area (Å²) in [6.07, 6.45) is 0. The third-order valence-electron chi connectivity index (χ3n) is 4.10. The van der Waals surface area contributed by atoms with Crippen LogP contribution in [-0.4, -0.2) is 26.4 Å². The second-order valence-electron chi connectivity index (χ2n) is 6.16. The second-order valence-corrected chi connectivity index (χ2v) is 7.51. The maximum Gasteiger partial charge on any atom is 0.234 e. The van der Waals surface area contributed by atoms with Crippen LogP contribution in [0.5, 0.6) is 5.75 Å².